The van der Waals surface area contributed by atoms with E-state index in [-0.39, 0.29) is 17.9 Å². The first-order valence-electron chi connectivity index (χ1n) is 10.2. The number of nitrogens with one attached hydrogen (secondary N) is 3. The van der Waals surface area contributed by atoms with Crippen LogP contribution in [0.1, 0.15) is 37.5 Å². The first kappa shape index (κ1) is 21.8. The quantitative estimate of drug-likeness (QED) is 0.562. The Morgan fingerprint density at radius 2 is 1.77 bits per heavy atom. The molecule has 3 N–H and O–H groups in total. The van der Waals surface area contributed by atoms with Crippen LogP contribution in [0.4, 0.5) is 5.69 Å². The Morgan fingerprint density at radius 1 is 1.03 bits per heavy atom. The number of anilines is 1. The van der Waals surface area contributed by atoms with E-state index < -0.39 is 11.8 Å². The zero-order valence-electron chi connectivity index (χ0n) is 17.0. The Hall–Kier alpha value is -2.87. The van der Waals surface area contributed by atoms with Crippen molar-refractivity contribution in [3.8, 4) is 5.75 Å². The molecule has 1 aromatic heterocycles. The molecule has 30 heavy (non-hydrogen) atoms. The van der Waals surface area contributed by atoms with E-state index in [1.807, 2.05) is 13.0 Å². The van der Waals surface area contributed by atoms with Gasteiger partial charge in [-0.25, -0.2) is 0 Å². The lowest BCUT2D eigenvalue weighted by molar-refractivity contribution is -0.136. The van der Waals surface area contributed by atoms with Gasteiger partial charge < -0.3 is 20.7 Å². The van der Waals surface area contributed by atoms with Crippen molar-refractivity contribution >= 4 is 34.7 Å². The van der Waals surface area contributed by atoms with E-state index >= 15 is 0 Å². The number of rotatable bonds is 8. The van der Waals surface area contributed by atoms with E-state index in [0.29, 0.717) is 24.6 Å². The molecular formula is C22H27N3O4S. The predicted octanol–water partition coefficient (Wildman–Crippen LogP) is 2.83. The minimum Gasteiger partial charge on any atom is -0.494 e. The van der Waals surface area contributed by atoms with E-state index in [4.69, 9.17) is 4.74 Å². The summed E-state index contributed by atoms with van der Waals surface area (Å²) in [6, 6.07) is 10.9. The third-order valence-corrected chi connectivity index (χ3v) is 6.38. The van der Waals surface area contributed by atoms with Crippen LogP contribution in [0, 0.1) is 0 Å². The maximum absolute atomic E-state index is 12.2. The van der Waals surface area contributed by atoms with Gasteiger partial charge in [-0.1, -0.05) is 18.9 Å². The van der Waals surface area contributed by atoms with Gasteiger partial charge >= 0.3 is 11.8 Å². The summed E-state index contributed by atoms with van der Waals surface area (Å²) in [7, 11) is 0. The second kappa shape index (κ2) is 10.2. The molecule has 1 aromatic carbocycles. The standard InChI is InChI=1S/C22H27N3O4S/c1-2-29-17-9-7-16(8-10-17)25-21(28)20(27)23-14-19(26)24-15-22(11-3-4-12-22)18-6-5-13-30-18/h5-10,13H,2-4,11-12,14-15H2,1H3,(H,23,27)(H,24,26)(H,25,28). The summed E-state index contributed by atoms with van der Waals surface area (Å²) >= 11 is 1.72. The van der Waals surface area contributed by atoms with Crippen LogP contribution < -0.4 is 20.7 Å². The van der Waals surface area contributed by atoms with Crippen molar-refractivity contribution in [2.45, 2.75) is 38.0 Å². The molecule has 7 nitrogen and oxygen atoms in total. The summed E-state index contributed by atoms with van der Waals surface area (Å²) in [4.78, 5) is 37.5. The molecule has 0 radical (unpaired) electrons. The zero-order valence-corrected chi connectivity index (χ0v) is 17.8. The molecule has 1 fully saturated rings. The van der Waals surface area contributed by atoms with Crippen LogP contribution in [0.2, 0.25) is 0 Å². The number of amides is 3. The minimum absolute atomic E-state index is 0.0150. The lowest BCUT2D eigenvalue weighted by atomic mass is 9.84. The molecule has 0 bridgehead atoms. The Labute approximate surface area is 180 Å². The van der Waals surface area contributed by atoms with Gasteiger partial charge in [-0.05, 0) is 55.5 Å². The molecule has 3 rings (SSSR count). The van der Waals surface area contributed by atoms with Crippen LogP contribution in [0.25, 0.3) is 0 Å². The van der Waals surface area contributed by atoms with Crippen molar-refractivity contribution in [1.29, 1.82) is 0 Å². The van der Waals surface area contributed by atoms with Crippen molar-refractivity contribution in [1.82, 2.24) is 10.6 Å². The third kappa shape index (κ3) is 5.60. The number of carbonyl (C=O) groups excluding carboxylic acids is 3. The molecular weight excluding hydrogens is 402 g/mol. The molecule has 0 atom stereocenters. The number of carbonyl (C=O) groups is 3. The molecule has 0 saturated heterocycles. The van der Waals surface area contributed by atoms with Crippen LogP contribution in [0.15, 0.2) is 41.8 Å². The molecule has 3 amide bonds. The summed E-state index contributed by atoms with van der Waals surface area (Å²) in [5.41, 5.74) is 0.459. The van der Waals surface area contributed by atoms with Gasteiger partial charge in [-0.2, -0.15) is 0 Å². The molecule has 0 aliphatic heterocycles. The van der Waals surface area contributed by atoms with E-state index in [1.54, 1.807) is 35.6 Å². The summed E-state index contributed by atoms with van der Waals surface area (Å²) in [6.45, 7) is 2.73. The number of hydrogen-bond acceptors (Lipinski definition) is 5. The summed E-state index contributed by atoms with van der Waals surface area (Å²) in [5.74, 6) is -1.30. The largest absolute Gasteiger partial charge is 0.494 e. The van der Waals surface area contributed by atoms with Gasteiger partial charge in [0.1, 0.15) is 5.75 Å². The lowest BCUT2D eigenvalue weighted by Gasteiger charge is -2.28. The maximum Gasteiger partial charge on any atom is 0.313 e. The van der Waals surface area contributed by atoms with Gasteiger partial charge in [-0.15, -0.1) is 11.3 Å². The number of benzene rings is 1. The second-order valence-electron chi connectivity index (χ2n) is 7.34. The first-order chi connectivity index (χ1) is 14.5. The minimum atomic E-state index is -0.854. The van der Waals surface area contributed by atoms with Crippen LogP contribution >= 0.6 is 11.3 Å². The van der Waals surface area contributed by atoms with E-state index in [2.05, 4.69) is 27.4 Å². The average molecular weight is 430 g/mol. The molecule has 1 heterocycles. The maximum atomic E-state index is 12.2. The molecule has 2 aromatic rings. The fourth-order valence-electron chi connectivity index (χ4n) is 3.70. The normalized spacial score (nSPS) is 14.7. The second-order valence-corrected chi connectivity index (χ2v) is 8.28. The van der Waals surface area contributed by atoms with Crippen LogP contribution in [0.5, 0.6) is 5.75 Å². The Bertz CT molecular complexity index is 859. The van der Waals surface area contributed by atoms with Gasteiger partial charge in [0.15, 0.2) is 0 Å². The van der Waals surface area contributed by atoms with Gasteiger partial charge in [0.25, 0.3) is 0 Å². The summed E-state index contributed by atoms with van der Waals surface area (Å²) in [5, 5.41) is 9.85. The lowest BCUT2D eigenvalue weighted by Crippen LogP contribution is -2.45. The van der Waals surface area contributed by atoms with E-state index in [1.165, 1.54) is 4.88 Å². The number of ether oxygens (including phenoxy) is 1. The third-order valence-electron chi connectivity index (χ3n) is 5.27. The Morgan fingerprint density at radius 3 is 2.40 bits per heavy atom. The van der Waals surface area contributed by atoms with Crippen molar-refractivity contribution in [3.05, 3.63) is 46.7 Å². The monoisotopic (exact) mass is 429 g/mol. The highest BCUT2D eigenvalue weighted by molar-refractivity contribution is 7.10. The van der Waals surface area contributed by atoms with E-state index in [0.717, 1.165) is 25.7 Å². The fourth-order valence-corrected chi connectivity index (χ4v) is 4.69. The van der Waals surface area contributed by atoms with Crippen molar-refractivity contribution in [2.75, 3.05) is 25.0 Å². The number of hydrogen-bond donors (Lipinski definition) is 3. The fraction of sp³-hybridized carbons (Fsp3) is 0.409. The predicted molar refractivity (Wildman–Crippen MR) is 117 cm³/mol. The molecule has 0 unspecified atom stereocenters. The smallest absolute Gasteiger partial charge is 0.313 e. The van der Waals surface area contributed by atoms with Gasteiger partial charge in [-0.3, -0.25) is 14.4 Å². The number of thiophene rings is 1. The highest BCUT2D eigenvalue weighted by Crippen LogP contribution is 2.42. The molecule has 1 saturated carbocycles. The summed E-state index contributed by atoms with van der Waals surface area (Å²) < 4.78 is 5.33. The molecule has 1 aliphatic rings. The SMILES string of the molecule is CCOc1ccc(NC(=O)C(=O)NCC(=O)NCC2(c3cccs3)CCCC2)cc1. The molecule has 1 aliphatic carbocycles. The van der Waals surface area contributed by atoms with Gasteiger partial charge in [0.05, 0.1) is 13.2 Å². The Kier molecular flexibility index (Phi) is 7.46. The van der Waals surface area contributed by atoms with Crippen molar-refractivity contribution < 1.29 is 19.1 Å². The molecule has 8 heteroatoms. The highest BCUT2D eigenvalue weighted by Gasteiger charge is 2.36. The average Bonchev–Trinajstić information content (AvgIpc) is 3.45. The van der Waals surface area contributed by atoms with Gasteiger partial charge in [0, 0.05) is 22.5 Å². The Balaban J connectivity index is 1.43. The zero-order chi connectivity index (χ0) is 21.4. The highest BCUT2D eigenvalue weighted by atomic mass is 32.1. The first-order valence-corrected chi connectivity index (χ1v) is 11.0. The molecule has 160 valence electrons. The summed E-state index contributed by atoms with van der Waals surface area (Å²) in [6.07, 6.45) is 4.39. The van der Waals surface area contributed by atoms with Gasteiger partial charge in [0.2, 0.25) is 5.91 Å². The topological polar surface area (TPSA) is 96.5 Å². The van der Waals surface area contributed by atoms with Crippen LogP contribution in [0.3, 0.4) is 0 Å². The van der Waals surface area contributed by atoms with Crippen molar-refractivity contribution in [3.63, 3.8) is 0 Å². The molecule has 0 spiro atoms. The van der Waals surface area contributed by atoms with Crippen LogP contribution in [-0.2, 0) is 19.8 Å². The van der Waals surface area contributed by atoms with Crippen molar-refractivity contribution in [2.24, 2.45) is 0 Å². The van der Waals surface area contributed by atoms with Crippen LogP contribution in [-0.4, -0.2) is 37.4 Å². The van der Waals surface area contributed by atoms with E-state index in [9.17, 15) is 14.4 Å².